The Bertz CT molecular complexity index is 705. The molecule has 2 aromatic carbocycles. The number of hydrogen-bond acceptors (Lipinski definition) is 4. The van der Waals surface area contributed by atoms with Gasteiger partial charge in [-0.1, -0.05) is 48.3 Å². The summed E-state index contributed by atoms with van der Waals surface area (Å²) >= 11 is 12.6. The maximum atomic E-state index is 9.31. The van der Waals surface area contributed by atoms with Crippen LogP contribution in [0.25, 0.3) is 0 Å². The van der Waals surface area contributed by atoms with Crippen LogP contribution in [-0.2, 0) is 13.2 Å². The SMILES string of the molecule is CCOc1cc(CNC(CC)CO)c(Cl)cc1OCc1ccccc1Cl. The molecule has 0 fully saturated rings. The zero-order valence-corrected chi connectivity index (χ0v) is 16.6. The lowest BCUT2D eigenvalue weighted by atomic mass is 10.1. The van der Waals surface area contributed by atoms with Gasteiger partial charge in [-0.2, -0.15) is 0 Å². The van der Waals surface area contributed by atoms with Gasteiger partial charge in [-0.25, -0.2) is 0 Å². The first-order valence-electron chi connectivity index (χ1n) is 8.74. The van der Waals surface area contributed by atoms with Gasteiger partial charge in [0.2, 0.25) is 0 Å². The second-order valence-electron chi connectivity index (χ2n) is 5.87. The average molecular weight is 398 g/mol. The third kappa shape index (κ3) is 5.78. The van der Waals surface area contributed by atoms with Gasteiger partial charge in [-0.05, 0) is 31.0 Å². The van der Waals surface area contributed by atoms with Crippen molar-refractivity contribution in [2.75, 3.05) is 13.2 Å². The zero-order chi connectivity index (χ0) is 18.9. The lowest BCUT2D eigenvalue weighted by Gasteiger charge is -2.18. The van der Waals surface area contributed by atoms with Gasteiger partial charge in [-0.15, -0.1) is 0 Å². The summed E-state index contributed by atoms with van der Waals surface area (Å²) in [5.74, 6) is 1.22. The predicted molar refractivity (Wildman–Crippen MR) is 106 cm³/mol. The van der Waals surface area contributed by atoms with Crippen LogP contribution < -0.4 is 14.8 Å². The highest BCUT2D eigenvalue weighted by atomic mass is 35.5. The second kappa shape index (κ2) is 10.6. The van der Waals surface area contributed by atoms with E-state index in [1.807, 2.05) is 44.2 Å². The molecule has 2 N–H and O–H groups in total. The van der Waals surface area contributed by atoms with Crippen molar-refractivity contribution in [1.29, 1.82) is 0 Å². The molecule has 0 saturated heterocycles. The van der Waals surface area contributed by atoms with Crippen LogP contribution >= 0.6 is 23.2 Å². The summed E-state index contributed by atoms with van der Waals surface area (Å²) < 4.78 is 11.6. The van der Waals surface area contributed by atoms with E-state index in [9.17, 15) is 5.11 Å². The number of benzene rings is 2. The van der Waals surface area contributed by atoms with Gasteiger partial charge < -0.3 is 19.9 Å². The van der Waals surface area contributed by atoms with Gasteiger partial charge >= 0.3 is 0 Å². The summed E-state index contributed by atoms with van der Waals surface area (Å²) in [5.41, 5.74) is 1.79. The molecule has 1 unspecified atom stereocenters. The Morgan fingerprint density at radius 2 is 1.73 bits per heavy atom. The smallest absolute Gasteiger partial charge is 0.163 e. The molecule has 0 saturated carbocycles. The minimum absolute atomic E-state index is 0.0396. The summed E-state index contributed by atoms with van der Waals surface area (Å²) in [5, 5.41) is 13.8. The zero-order valence-electron chi connectivity index (χ0n) is 15.1. The predicted octanol–water partition coefficient (Wildman–Crippen LogP) is 4.83. The van der Waals surface area contributed by atoms with E-state index >= 15 is 0 Å². The Balaban J connectivity index is 2.15. The highest BCUT2D eigenvalue weighted by molar-refractivity contribution is 6.31. The van der Waals surface area contributed by atoms with E-state index in [1.54, 1.807) is 6.07 Å². The van der Waals surface area contributed by atoms with Crippen molar-refractivity contribution in [3.63, 3.8) is 0 Å². The van der Waals surface area contributed by atoms with Crippen molar-refractivity contribution in [3.05, 3.63) is 57.6 Å². The molecule has 0 bridgehead atoms. The molecular weight excluding hydrogens is 373 g/mol. The number of ether oxygens (including phenoxy) is 2. The fourth-order valence-corrected chi connectivity index (χ4v) is 2.87. The van der Waals surface area contributed by atoms with Gasteiger partial charge in [-0.3, -0.25) is 0 Å². The van der Waals surface area contributed by atoms with Crippen molar-refractivity contribution >= 4 is 23.2 Å². The van der Waals surface area contributed by atoms with Crippen molar-refractivity contribution in [2.24, 2.45) is 0 Å². The summed E-state index contributed by atoms with van der Waals surface area (Å²) in [6, 6.07) is 11.2. The number of halogens is 2. The van der Waals surface area contributed by atoms with Gasteiger partial charge in [0.15, 0.2) is 11.5 Å². The van der Waals surface area contributed by atoms with Crippen molar-refractivity contribution in [3.8, 4) is 11.5 Å². The minimum atomic E-state index is 0.0396. The summed E-state index contributed by atoms with van der Waals surface area (Å²) in [4.78, 5) is 0. The number of nitrogens with one attached hydrogen (secondary N) is 1. The third-order valence-corrected chi connectivity index (χ3v) is 4.77. The van der Waals surface area contributed by atoms with Crippen LogP contribution in [0.3, 0.4) is 0 Å². The normalized spacial score (nSPS) is 12.0. The molecule has 0 radical (unpaired) electrons. The maximum absolute atomic E-state index is 9.31. The van der Waals surface area contributed by atoms with E-state index in [2.05, 4.69) is 5.32 Å². The molecule has 6 heteroatoms. The molecule has 2 aromatic rings. The van der Waals surface area contributed by atoms with E-state index in [1.165, 1.54) is 0 Å². The number of aliphatic hydroxyl groups excluding tert-OH is 1. The van der Waals surface area contributed by atoms with E-state index in [4.69, 9.17) is 32.7 Å². The van der Waals surface area contributed by atoms with Crippen molar-refractivity contribution < 1.29 is 14.6 Å². The third-order valence-electron chi connectivity index (χ3n) is 4.05. The minimum Gasteiger partial charge on any atom is -0.490 e. The van der Waals surface area contributed by atoms with Crippen LogP contribution in [0, 0.1) is 0 Å². The Morgan fingerprint density at radius 1 is 1.00 bits per heavy atom. The first-order valence-corrected chi connectivity index (χ1v) is 9.50. The lowest BCUT2D eigenvalue weighted by molar-refractivity contribution is 0.238. The fraction of sp³-hybridized carbons (Fsp3) is 0.400. The summed E-state index contributed by atoms with van der Waals surface area (Å²) in [6.07, 6.45) is 0.839. The van der Waals surface area contributed by atoms with Crippen LogP contribution in [0.1, 0.15) is 31.4 Å². The Labute approximate surface area is 165 Å². The molecule has 2 rings (SSSR count). The summed E-state index contributed by atoms with van der Waals surface area (Å²) in [6.45, 7) is 5.42. The monoisotopic (exact) mass is 397 g/mol. The standard InChI is InChI=1S/C20H25Cl2NO3/c1-3-16(12-24)23-11-15-9-19(25-4-2)20(10-18(15)22)26-13-14-7-5-6-8-17(14)21/h5-10,16,23-24H,3-4,11-13H2,1-2H3. The van der Waals surface area contributed by atoms with Crippen LogP contribution in [0.4, 0.5) is 0 Å². The molecule has 0 aromatic heterocycles. The van der Waals surface area contributed by atoms with Crippen molar-refractivity contribution in [2.45, 2.75) is 39.5 Å². The van der Waals surface area contributed by atoms with E-state index in [0.717, 1.165) is 17.5 Å². The fourth-order valence-electron chi connectivity index (χ4n) is 2.46. The molecule has 0 aliphatic rings. The maximum Gasteiger partial charge on any atom is 0.163 e. The molecule has 0 amide bonds. The van der Waals surface area contributed by atoms with Gasteiger partial charge in [0, 0.05) is 34.3 Å². The molecule has 0 spiro atoms. The van der Waals surface area contributed by atoms with Crippen LogP contribution in [0.2, 0.25) is 10.0 Å². The second-order valence-corrected chi connectivity index (χ2v) is 6.69. The average Bonchev–Trinajstić information content (AvgIpc) is 2.64. The van der Waals surface area contributed by atoms with E-state index in [-0.39, 0.29) is 12.6 Å². The van der Waals surface area contributed by atoms with Crippen LogP contribution in [-0.4, -0.2) is 24.4 Å². The van der Waals surface area contributed by atoms with Gasteiger partial charge in [0.25, 0.3) is 0 Å². The van der Waals surface area contributed by atoms with E-state index < -0.39 is 0 Å². The quantitative estimate of drug-likeness (QED) is 0.602. The highest BCUT2D eigenvalue weighted by Gasteiger charge is 2.13. The van der Waals surface area contributed by atoms with Crippen molar-refractivity contribution in [1.82, 2.24) is 5.32 Å². The first-order chi connectivity index (χ1) is 12.6. The Hall–Kier alpha value is -1.46. The Morgan fingerprint density at radius 3 is 2.38 bits per heavy atom. The largest absolute Gasteiger partial charge is 0.490 e. The molecular formula is C20H25Cl2NO3. The Kier molecular flexibility index (Phi) is 8.52. The lowest BCUT2D eigenvalue weighted by Crippen LogP contribution is -2.31. The first kappa shape index (κ1) is 20.8. The molecule has 0 aliphatic heterocycles. The number of hydrogen-bond donors (Lipinski definition) is 2. The topological polar surface area (TPSA) is 50.7 Å². The molecule has 142 valence electrons. The number of aliphatic hydroxyl groups is 1. The molecule has 26 heavy (non-hydrogen) atoms. The summed E-state index contributed by atoms with van der Waals surface area (Å²) in [7, 11) is 0. The van der Waals surface area contributed by atoms with Gasteiger partial charge in [0.1, 0.15) is 6.61 Å². The van der Waals surface area contributed by atoms with Gasteiger partial charge in [0.05, 0.1) is 13.2 Å². The van der Waals surface area contributed by atoms with Crippen LogP contribution in [0.15, 0.2) is 36.4 Å². The molecule has 0 heterocycles. The van der Waals surface area contributed by atoms with E-state index in [0.29, 0.717) is 41.3 Å². The van der Waals surface area contributed by atoms with Crippen LogP contribution in [0.5, 0.6) is 11.5 Å². The molecule has 0 aliphatic carbocycles. The number of rotatable bonds is 10. The molecule has 1 atom stereocenters. The molecule has 4 nitrogen and oxygen atoms in total. The highest BCUT2D eigenvalue weighted by Crippen LogP contribution is 2.34.